The van der Waals surface area contributed by atoms with E-state index in [-0.39, 0.29) is 13.0 Å². The van der Waals surface area contributed by atoms with Crippen LogP contribution in [0.5, 0.6) is 5.75 Å². The van der Waals surface area contributed by atoms with E-state index in [0.717, 1.165) is 16.3 Å². The third-order valence-corrected chi connectivity index (χ3v) is 3.79. The predicted molar refractivity (Wildman–Crippen MR) is 95.3 cm³/mol. The average Bonchev–Trinajstić information content (AvgIpc) is 2.67. The highest BCUT2D eigenvalue weighted by atomic mass is 16.5. The molecule has 1 atom stereocenters. The largest absolute Gasteiger partial charge is 0.482 e. The summed E-state index contributed by atoms with van der Waals surface area (Å²) in [5.41, 5.74) is 0.897. The molecule has 0 saturated heterocycles. The third kappa shape index (κ3) is 4.44. The second-order valence-electron chi connectivity index (χ2n) is 5.62. The van der Waals surface area contributed by atoms with Gasteiger partial charge < -0.3 is 9.47 Å². The van der Waals surface area contributed by atoms with Gasteiger partial charge >= 0.3 is 5.97 Å². The van der Waals surface area contributed by atoms with Gasteiger partial charge in [-0.05, 0) is 17.0 Å². The van der Waals surface area contributed by atoms with Crippen LogP contribution in [0.15, 0.2) is 72.8 Å². The quantitative estimate of drug-likeness (QED) is 0.485. The molecule has 0 saturated carbocycles. The molecule has 25 heavy (non-hydrogen) atoms. The van der Waals surface area contributed by atoms with Gasteiger partial charge in [-0.15, -0.1) is 0 Å². The second kappa shape index (κ2) is 8.11. The Labute approximate surface area is 146 Å². The predicted octanol–water partition coefficient (Wildman–Crippen LogP) is 3.92. The topological polar surface area (TPSA) is 52.6 Å². The zero-order valence-electron chi connectivity index (χ0n) is 13.6. The Morgan fingerprint density at radius 2 is 1.64 bits per heavy atom. The Hall–Kier alpha value is -3.14. The highest BCUT2D eigenvalue weighted by molar-refractivity contribution is 5.88. The first-order chi connectivity index (χ1) is 12.3. The lowest BCUT2D eigenvalue weighted by Crippen LogP contribution is -2.23. The number of ether oxygens (including phenoxy) is 2. The monoisotopic (exact) mass is 334 g/mol. The normalized spacial score (nSPS) is 11.7. The van der Waals surface area contributed by atoms with Crippen LogP contribution < -0.4 is 4.74 Å². The minimum absolute atomic E-state index is 0.125. The van der Waals surface area contributed by atoms with E-state index in [1.165, 1.54) is 0 Å². The molecule has 3 aromatic rings. The van der Waals surface area contributed by atoms with Crippen LogP contribution in [0.4, 0.5) is 0 Å². The summed E-state index contributed by atoms with van der Waals surface area (Å²) < 4.78 is 10.9. The molecule has 0 N–H and O–H groups in total. The fourth-order valence-electron chi connectivity index (χ4n) is 2.54. The SMILES string of the molecule is O=C[C@@H](CC(=O)OCc1ccccc1)Oc1cccc2ccccc12. The van der Waals surface area contributed by atoms with Crippen molar-refractivity contribution in [1.82, 2.24) is 0 Å². The summed E-state index contributed by atoms with van der Waals surface area (Å²) in [6, 6.07) is 22.7. The van der Waals surface area contributed by atoms with Gasteiger partial charge in [0.2, 0.25) is 0 Å². The van der Waals surface area contributed by atoms with Gasteiger partial charge in [0.05, 0.1) is 6.42 Å². The number of fused-ring (bicyclic) bond motifs is 1. The zero-order valence-corrected chi connectivity index (χ0v) is 13.6. The van der Waals surface area contributed by atoms with Gasteiger partial charge in [-0.1, -0.05) is 66.7 Å². The van der Waals surface area contributed by atoms with Crippen molar-refractivity contribution in [2.75, 3.05) is 0 Å². The molecule has 0 aliphatic carbocycles. The lowest BCUT2D eigenvalue weighted by atomic mass is 10.1. The van der Waals surface area contributed by atoms with Gasteiger partial charge in [0, 0.05) is 5.39 Å². The lowest BCUT2D eigenvalue weighted by molar-refractivity contribution is -0.147. The van der Waals surface area contributed by atoms with E-state index in [1.54, 1.807) is 6.07 Å². The van der Waals surface area contributed by atoms with E-state index >= 15 is 0 Å². The number of esters is 1. The molecule has 0 unspecified atom stereocenters. The van der Waals surface area contributed by atoms with Crippen molar-refractivity contribution in [3.8, 4) is 5.75 Å². The van der Waals surface area contributed by atoms with Crippen molar-refractivity contribution in [2.45, 2.75) is 19.1 Å². The van der Waals surface area contributed by atoms with Crippen molar-refractivity contribution < 1.29 is 19.1 Å². The Morgan fingerprint density at radius 1 is 0.920 bits per heavy atom. The Morgan fingerprint density at radius 3 is 2.44 bits per heavy atom. The Balaban J connectivity index is 1.62. The lowest BCUT2D eigenvalue weighted by Gasteiger charge is -2.15. The fraction of sp³-hybridized carbons (Fsp3) is 0.143. The first-order valence-corrected chi connectivity index (χ1v) is 8.05. The minimum atomic E-state index is -0.880. The van der Waals surface area contributed by atoms with Crippen LogP contribution >= 0.6 is 0 Å². The van der Waals surface area contributed by atoms with Crippen molar-refractivity contribution >= 4 is 23.0 Å². The molecule has 4 nitrogen and oxygen atoms in total. The van der Waals surface area contributed by atoms with Crippen LogP contribution in [0.3, 0.4) is 0 Å². The molecule has 0 spiro atoms. The number of aldehydes is 1. The molecule has 0 amide bonds. The smallest absolute Gasteiger partial charge is 0.310 e. The van der Waals surface area contributed by atoms with Crippen LogP contribution in [0.2, 0.25) is 0 Å². The molecule has 0 aromatic heterocycles. The summed E-state index contributed by atoms with van der Waals surface area (Å²) in [7, 11) is 0. The van der Waals surface area contributed by atoms with Gasteiger partial charge in [0.15, 0.2) is 12.4 Å². The average molecular weight is 334 g/mol. The van der Waals surface area contributed by atoms with E-state index in [4.69, 9.17) is 9.47 Å². The summed E-state index contributed by atoms with van der Waals surface area (Å²) in [5.74, 6) is 0.104. The maximum Gasteiger partial charge on any atom is 0.310 e. The number of carbonyl (C=O) groups is 2. The van der Waals surface area contributed by atoms with Crippen molar-refractivity contribution in [1.29, 1.82) is 0 Å². The summed E-state index contributed by atoms with van der Waals surface area (Å²) in [5, 5.41) is 1.91. The molecule has 0 fully saturated rings. The van der Waals surface area contributed by atoms with E-state index in [9.17, 15) is 9.59 Å². The highest BCUT2D eigenvalue weighted by Gasteiger charge is 2.17. The van der Waals surface area contributed by atoms with Crippen molar-refractivity contribution in [2.24, 2.45) is 0 Å². The first-order valence-electron chi connectivity index (χ1n) is 8.05. The van der Waals surface area contributed by atoms with Crippen LogP contribution in [0.25, 0.3) is 10.8 Å². The standard InChI is InChI=1S/C21H18O4/c22-14-18(13-21(23)24-15-16-7-2-1-3-8-16)25-20-12-6-10-17-9-4-5-11-19(17)20/h1-12,14,18H,13,15H2/t18-/m1/s1. The van der Waals surface area contributed by atoms with Gasteiger partial charge in [0.1, 0.15) is 12.4 Å². The molecule has 126 valence electrons. The van der Waals surface area contributed by atoms with Gasteiger partial charge in [-0.3, -0.25) is 9.59 Å². The summed E-state index contributed by atoms with van der Waals surface area (Å²) in [6.45, 7) is 0.180. The van der Waals surface area contributed by atoms with Crippen LogP contribution in [0.1, 0.15) is 12.0 Å². The van der Waals surface area contributed by atoms with Crippen LogP contribution in [0, 0.1) is 0 Å². The minimum Gasteiger partial charge on any atom is -0.482 e. The number of rotatable bonds is 7. The van der Waals surface area contributed by atoms with Crippen molar-refractivity contribution in [3.05, 3.63) is 78.4 Å². The number of hydrogen-bond donors (Lipinski definition) is 0. The van der Waals surface area contributed by atoms with E-state index < -0.39 is 12.1 Å². The fourth-order valence-corrected chi connectivity index (χ4v) is 2.54. The van der Waals surface area contributed by atoms with E-state index in [1.807, 2.05) is 66.7 Å². The third-order valence-electron chi connectivity index (χ3n) is 3.79. The van der Waals surface area contributed by atoms with E-state index in [0.29, 0.717) is 12.0 Å². The molecule has 3 rings (SSSR count). The maximum atomic E-state index is 12.0. The van der Waals surface area contributed by atoms with Gasteiger partial charge in [-0.25, -0.2) is 0 Å². The molecule has 0 heterocycles. The second-order valence-corrected chi connectivity index (χ2v) is 5.62. The summed E-state index contributed by atoms with van der Waals surface area (Å²) >= 11 is 0. The number of hydrogen-bond acceptors (Lipinski definition) is 4. The highest BCUT2D eigenvalue weighted by Crippen LogP contribution is 2.26. The maximum absolute atomic E-state index is 12.0. The molecular weight excluding hydrogens is 316 g/mol. The molecule has 0 aliphatic rings. The van der Waals surface area contributed by atoms with Crippen LogP contribution in [-0.4, -0.2) is 18.4 Å². The molecule has 0 radical (unpaired) electrons. The molecule has 3 aromatic carbocycles. The van der Waals surface area contributed by atoms with Crippen LogP contribution in [-0.2, 0) is 20.9 Å². The first kappa shape index (κ1) is 16.7. The molecule has 0 bridgehead atoms. The summed E-state index contributed by atoms with van der Waals surface area (Å²) in [6.07, 6.45) is -0.375. The zero-order chi connectivity index (χ0) is 17.5. The molecule has 0 aliphatic heterocycles. The molecule has 4 heteroatoms. The summed E-state index contributed by atoms with van der Waals surface area (Å²) in [4.78, 5) is 23.3. The van der Waals surface area contributed by atoms with Crippen molar-refractivity contribution in [3.63, 3.8) is 0 Å². The number of carbonyl (C=O) groups excluding carboxylic acids is 2. The molecular formula is C21H18O4. The van der Waals surface area contributed by atoms with Gasteiger partial charge in [-0.2, -0.15) is 0 Å². The van der Waals surface area contributed by atoms with E-state index in [2.05, 4.69) is 0 Å². The Bertz CT molecular complexity index is 853. The van der Waals surface area contributed by atoms with Gasteiger partial charge in [0.25, 0.3) is 0 Å². The number of benzene rings is 3. The Kier molecular flexibility index (Phi) is 5.42.